The zero-order valence-corrected chi connectivity index (χ0v) is 10.4. The Labute approximate surface area is 96.2 Å². The molecule has 2 unspecified atom stereocenters. The molecule has 0 aliphatic rings. The van der Waals surface area contributed by atoms with Crippen molar-refractivity contribution in [2.75, 3.05) is 0 Å². The topological polar surface area (TPSA) is 0 Å². The summed E-state index contributed by atoms with van der Waals surface area (Å²) < 4.78 is 0. The SMILES string of the molecule is Cc1cc(CC(C)C(C)Cl)ccc1Cl. The lowest BCUT2D eigenvalue weighted by atomic mass is 9.97. The van der Waals surface area contributed by atoms with Crippen LogP contribution in [0, 0.1) is 12.8 Å². The van der Waals surface area contributed by atoms with Crippen LogP contribution in [-0.2, 0) is 6.42 Å². The first kappa shape index (κ1) is 11.9. The molecular formula is C12H16Cl2. The highest BCUT2D eigenvalue weighted by Gasteiger charge is 2.10. The molecular weight excluding hydrogens is 215 g/mol. The predicted octanol–water partition coefficient (Wildman–Crippen LogP) is 4.45. The maximum Gasteiger partial charge on any atom is 0.0435 e. The molecule has 0 fully saturated rings. The van der Waals surface area contributed by atoms with Crippen LogP contribution in [0.4, 0.5) is 0 Å². The summed E-state index contributed by atoms with van der Waals surface area (Å²) in [5.74, 6) is 0.497. The van der Waals surface area contributed by atoms with E-state index in [-0.39, 0.29) is 5.38 Å². The highest BCUT2D eigenvalue weighted by molar-refractivity contribution is 6.31. The molecule has 0 heterocycles. The van der Waals surface area contributed by atoms with Crippen molar-refractivity contribution >= 4 is 23.2 Å². The van der Waals surface area contributed by atoms with Crippen molar-refractivity contribution in [1.82, 2.24) is 0 Å². The fourth-order valence-corrected chi connectivity index (χ4v) is 1.57. The summed E-state index contributed by atoms with van der Waals surface area (Å²) in [6, 6.07) is 6.17. The van der Waals surface area contributed by atoms with E-state index in [2.05, 4.69) is 19.1 Å². The third-order valence-electron chi connectivity index (χ3n) is 2.56. The molecule has 0 spiro atoms. The van der Waals surface area contributed by atoms with Crippen LogP contribution in [0.2, 0.25) is 5.02 Å². The summed E-state index contributed by atoms with van der Waals surface area (Å²) >= 11 is 12.0. The lowest BCUT2D eigenvalue weighted by molar-refractivity contribution is 0.568. The lowest BCUT2D eigenvalue weighted by Gasteiger charge is -2.14. The summed E-state index contributed by atoms with van der Waals surface area (Å²) in [6.45, 7) is 6.23. The molecule has 0 saturated heterocycles. The van der Waals surface area contributed by atoms with Crippen molar-refractivity contribution in [2.24, 2.45) is 5.92 Å². The van der Waals surface area contributed by atoms with Gasteiger partial charge in [-0.15, -0.1) is 11.6 Å². The maximum atomic E-state index is 6.02. The molecule has 2 heteroatoms. The second-order valence-corrected chi connectivity index (χ2v) is 5.04. The van der Waals surface area contributed by atoms with Crippen molar-refractivity contribution in [3.63, 3.8) is 0 Å². The molecule has 14 heavy (non-hydrogen) atoms. The smallest absolute Gasteiger partial charge is 0.0435 e. The first-order valence-corrected chi connectivity index (χ1v) is 5.71. The van der Waals surface area contributed by atoms with Gasteiger partial charge in [0, 0.05) is 10.4 Å². The molecule has 0 N–H and O–H groups in total. The van der Waals surface area contributed by atoms with Crippen molar-refractivity contribution in [3.8, 4) is 0 Å². The first-order valence-electron chi connectivity index (χ1n) is 4.90. The minimum absolute atomic E-state index is 0.214. The Morgan fingerprint density at radius 2 is 1.93 bits per heavy atom. The van der Waals surface area contributed by atoms with Gasteiger partial charge in [-0.25, -0.2) is 0 Å². The molecule has 0 aromatic heterocycles. The maximum absolute atomic E-state index is 6.02. The van der Waals surface area contributed by atoms with Gasteiger partial charge in [0.1, 0.15) is 0 Å². The van der Waals surface area contributed by atoms with Gasteiger partial charge in [0.05, 0.1) is 0 Å². The van der Waals surface area contributed by atoms with E-state index in [1.807, 2.05) is 19.9 Å². The Balaban J connectivity index is 2.73. The van der Waals surface area contributed by atoms with E-state index < -0.39 is 0 Å². The highest BCUT2D eigenvalue weighted by atomic mass is 35.5. The van der Waals surface area contributed by atoms with E-state index in [1.54, 1.807) is 0 Å². The molecule has 2 atom stereocenters. The molecule has 0 amide bonds. The van der Waals surface area contributed by atoms with E-state index in [9.17, 15) is 0 Å². The molecule has 78 valence electrons. The van der Waals surface area contributed by atoms with E-state index in [1.165, 1.54) is 5.56 Å². The molecule has 1 rings (SSSR count). The van der Waals surface area contributed by atoms with Gasteiger partial charge >= 0.3 is 0 Å². The quantitative estimate of drug-likeness (QED) is 0.674. The standard InChI is InChI=1S/C12H16Cl2/c1-8(10(3)13)6-11-4-5-12(14)9(2)7-11/h4-5,7-8,10H,6H2,1-3H3. The summed E-state index contributed by atoms with van der Waals surface area (Å²) in [6.07, 6.45) is 1.02. The number of rotatable bonds is 3. The fraction of sp³-hybridized carbons (Fsp3) is 0.500. The number of benzene rings is 1. The minimum Gasteiger partial charge on any atom is -0.123 e. The van der Waals surface area contributed by atoms with E-state index >= 15 is 0 Å². The van der Waals surface area contributed by atoms with Gasteiger partial charge in [-0.2, -0.15) is 0 Å². The molecule has 0 radical (unpaired) electrons. The average Bonchev–Trinajstić information content (AvgIpc) is 2.11. The van der Waals surface area contributed by atoms with Crippen molar-refractivity contribution < 1.29 is 0 Å². The number of hydrogen-bond acceptors (Lipinski definition) is 0. The van der Waals surface area contributed by atoms with Crippen LogP contribution in [0.25, 0.3) is 0 Å². The van der Waals surface area contributed by atoms with Gasteiger partial charge in [0.25, 0.3) is 0 Å². The predicted molar refractivity (Wildman–Crippen MR) is 64.4 cm³/mol. The summed E-state index contributed by atoms with van der Waals surface area (Å²) in [7, 11) is 0. The Morgan fingerprint density at radius 3 is 2.43 bits per heavy atom. The van der Waals surface area contributed by atoms with Gasteiger partial charge in [-0.05, 0) is 43.4 Å². The van der Waals surface area contributed by atoms with Crippen LogP contribution >= 0.6 is 23.2 Å². The van der Waals surface area contributed by atoms with Crippen LogP contribution in [-0.4, -0.2) is 5.38 Å². The molecule has 0 aliphatic heterocycles. The highest BCUT2D eigenvalue weighted by Crippen LogP contribution is 2.20. The summed E-state index contributed by atoms with van der Waals surface area (Å²) in [4.78, 5) is 0. The summed E-state index contributed by atoms with van der Waals surface area (Å²) in [5, 5.41) is 1.05. The first-order chi connectivity index (χ1) is 6.50. The van der Waals surface area contributed by atoms with Gasteiger partial charge in [-0.1, -0.05) is 30.7 Å². The second-order valence-electron chi connectivity index (χ2n) is 3.94. The monoisotopic (exact) mass is 230 g/mol. The van der Waals surface area contributed by atoms with Crippen LogP contribution in [0.1, 0.15) is 25.0 Å². The Hall–Kier alpha value is -0.200. The Morgan fingerprint density at radius 1 is 1.29 bits per heavy atom. The molecule has 0 nitrogen and oxygen atoms in total. The van der Waals surface area contributed by atoms with Gasteiger partial charge < -0.3 is 0 Å². The fourth-order valence-electron chi connectivity index (χ4n) is 1.37. The van der Waals surface area contributed by atoms with Gasteiger partial charge in [0.2, 0.25) is 0 Å². The Bertz CT molecular complexity index is 305. The van der Waals surface area contributed by atoms with Crippen LogP contribution < -0.4 is 0 Å². The molecule has 0 saturated carbocycles. The second kappa shape index (κ2) is 5.04. The van der Waals surface area contributed by atoms with Crippen LogP contribution in [0.5, 0.6) is 0 Å². The zero-order chi connectivity index (χ0) is 10.7. The molecule has 0 bridgehead atoms. The summed E-state index contributed by atoms with van der Waals surface area (Å²) in [5.41, 5.74) is 2.45. The lowest BCUT2D eigenvalue weighted by Crippen LogP contribution is -2.10. The Kier molecular flexibility index (Phi) is 4.28. The molecule has 1 aromatic carbocycles. The third kappa shape index (κ3) is 3.18. The van der Waals surface area contributed by atoms with Crippen LogP contribution in [0.15, 0.2) is 18.2 Å². The van der Waals surface area contributed by atoms with Crippen molar-refractivity contribution in [1.29, 1.82) is 0 Å². The van der Waals surface area contributed by atoms with E-state index in [4.69, 9.17) is 23.2 Å². The number of hydrogen-bond donors (Lipinski definition) is 0. The largest absolute Gasteiger partial charge is 0.123 e. The number of alkyl halides is 1. The van der Waals surface area contributed by atoms with Crippen molar-refractivity contribution in [2.45, 2.75) is 32.6 Å². The minimum atomic E-state index is 0.214. The van der Waals surface area contributed by atoms with E-state index in [0.717, 1.165) is 17.0 Å². The van der Waals surface area contributed by atoms with Crippen LogP contribution in [0.3, 0.4) is 0 Å². The van der Waals surface area contributed by atoms with Gasteiger partial charge in [-0.3, -0.25) is 0 Å². The molecule has 0 aliphatic carbocycles. The average molecular weight is 231 g/mol. The zero-order valence-electron chi connectivity index (χ0n) is 8.85. The van der Waals surface area contributed by atoms with E-state index in [0.29, 0.717) is 5.92 Å². The normalized spacial score (nSPS) is 15.2. The number of halogens is 2. The van der Waals surface area contributed by atoms with Crippen molar-refractivity contribution in [3.05, 3.63) is 34.3 Å². The third-order valence-corrected chi connectivity index (χ3v) is 3.42. The van der Waals surface area contributed by atoms with Gasteiger partial charge in [0.15, 0.2) is 0 Å². The number of aryl methyl sites for hydroxylation is 1. The molecule has 1 aromatic rings.